The molecule has 4 heteroatoms. The lowest BCUT2D eigenvalue weighted by Gasteiger charge is -2.15. The van der Waals surface area contributed by atoms with E-state index in [2.05, 4.69) is 5.32 Å². The predicted molar refractivity (Wildman–Crippen MR) is 90.6 cm³/mol. The molecule has 2 rings (SSSR count). The molecule has 1 atom stereocenters. The lowest BCUT2D eigenvalue weighted by atomic mass is 10.1. The molecule has 23 heavy (non-hydrogen) atoms. The third-order valence-electron chi connectivity index (χ3n) is 3.80. The van der Waals surface area contributed by atoms with Crippen LogP contribution in [-0.4, -0.2) is 18.0 Å². The van der Waals surface area contributed by atoms with Crippen molar-refractivity contribution in [1.82, 2.24) is 0 Å². The molecule has 0 aliphatic rings. The van der Waals surface area contributed by atoms with Gasteiger partial charge in [0.2, 0.25) is 0 Å². The molecule has 1 amide bonds. The summed E-state index contributed by atoms with van der Waals surface area (Å²) in [5, 5.41) is 2.77. The fourth-order valence-corrected chi connectivity index (χ4v) is 2.10. The number of amides is 1. The van der Waals surface area contributed by atoms with Gasteiger partial charge in [-0.15, -0.1) is 0 Å². The molecule has 0 aliphatic heterocycles. The molecular formula is C19H21NO3. The van der Waals surface area contributed by atoms with E-state index in [0.29, 0.717) is 11.3 Å². The molecule has 0 heterocycles. The van der Waals surface area contributed by atoms with E-state index >= 15 is 0 Å². The van der Waals surface area contributed by atoms with Crippen LogP contribution in [0.2, 0.25) is 0 Å². The second-order valence-electron chi connectivity index (χ2n) is 5.65. The van der Waals surface area contributed by atoms with Crippen molar-refractivity contribution in [3.05, 3.63) is 64.7 Å². The number of hydrogen-bond acceptors (Lipinski definition) is 3. The number of carbonyl (C=O) groups excluding carboxylic acids is 2. The number of nitrogens with one attached hydrogen (secondary N) is 1. The highest BCUT2D eigenvalue weighted by Crippen LogP contribution is 2.15. The Morgan fingerprint density at radius 2 is 1.65 bits per heavy atom. The number of esters is 1. The van der Waals surface area contributed by atoms with Gasteiger partial charge >= 0.3 is 5.97 Å². The highest BCUT2D eigenvalue weighted by molar-refractivity contribution is 5.97. The molecule has 2 aromatic carbocycles. The van der Waals surface area contributed by atoms with Gasteiger partial charge < -0.3 is 10.1 Å². The number of anilines is 1. The van der Waals surface area contributed by atoms with Crippen LogP contribution in [0.3, 0.4) is 0 Å². The van der Waals surface area contributed by atoms with Gasteiger partial charge in [0.05, 0.1) is 5.56 Å². The van der Waals surface area contributed by atoms with Gasteiger partial charge in [-0.1, -0.05) is 24.3 Å². The summed E-state index contributed by atoms with van der Waals surface area (Å²) in [5.74, 6) is -0.850. The Morgan fingerprint density at radius 3 is 2.30 bits per heavy atom. The largest absolute Gasteiger partial charge is 0.449 e. The SMILES string of the molecule is Cc1ccc(C(=O)O[C@H](C)C(=O)Nc2ccccc2C)cc1C. The Labute approximate surface area is 136 Å². The summed E-state index contributed by atoms with van der Waals surface area (Å²) < 4.78 is 5.25. The molecule has 0 radical (unpaired) electrons. The van der Waals surface area contributed by atoms with Crippen LogP contribution >= 0.6 is 0 Å². The molecule has 0 saturated heterocycles. The topological polar surface area (TPSA) is 55.4 Å². The summed E-state index contributed by atoms with van der Waals surface area (Å²) in [4.78, 5) is 24.3. The Bertz CT molecular complexity index is 737. The van der Waals surface area contributed by atoms with E-state index in [0.717, 1.165) is 16.7 Å². The van der Waals surface area contributed by atoms with E-state index in [1.165, 1.54) is 0 Å². The Hall–Kier alpha value is -2.62. The van der Waals surface area contributed by atoms with Crippen molar-refractivity contribution in [3.63, 3.8) is 0 Å². The van der Waals surface area contributed by atoms with Crippen molar-refractivity contribution >= 4 is 17.6 Å². The average molecular weight is 311 g/mol. The van der Waals surface area contributed by atoms with Crippen molar-refractivity contribution in [2.75, 3.05) is 5.32 Å². The minimum atomic E-state index is -0.872. The summed E-state index contributed by atoms with van der Waals surface area (Å²) in [6.07, 6.45) is -0.872. The van der Waals surface area contributed by atoms with Gasteiger partial charge in [-0.25, -0.2) is 4.79 Å². The van der Waals surface area contributed by atoms with Crippen LogP contribution in [0.25, 0.3) is 0 Å². The highest BCUT2D eigenvalue weighted by Gasteiger charge is 2.19. The van der Waals surface area contributed by atoms with Crippen LogP contribution in [0.4, 0.5) is 5.69 Å². The van der Waals surface area contributed by atoms with E-state index < -0.39 is 12.1 Å². The van der Waals surface area contributed by atoms with Crippen LogP contribution in [0, 0.1) is 20.8 Å². The predicted octanol–water partition coefficient (Wildman–Crippen LogP) is 3.80. The third-order valence-corrected chi connectivity index (χ3v) is 3.80. The first-order valence-corrected chi connectivity index (χ1v) is 7.53. The first-order chi connectivity index (χ1) is 10.9. The van der Waals surface area contributed by atoms with E-state index in [1.54, 1.807) is 19.1 Å². The monoisotopic (exact) mass is 311 g/mol. The maximum Gasteiger partial charge on any atom is 0.338 e. The minimum absolute atomic E-state index is 0.350. The fourth-order valence-electron chi connectivity index (χ4n) is 2.10. The minimum Gasteiger partial charge on any atom is -0.449 e. The van der Waals surface area contributed by atoms with Gasteiger partial charge in [-0.3, -0.25) is 4.79 Å². The molecule has 0 fully saturated rings. The standard InChI is InChI=1S/C19H21NO3/c1-12-9-10-16(11-14(12)3)19(22)23-15(4)18(21)20-17-8-6-5-7-13(17)2/h5-11,15H,1-4H3,(H,20,21)/t15-/m1/s1. The Balaban J connectivity index is 2.01. The van der Waals surface area contributed by atoms with Crippen LogP contribution in [0.15, 0.2) is 42.5 Å². The number of benzene rings is 2. The van der Waals surface area contributed by atoms with E-state index in [4.69, 9.17) is 4.74 Å². The second kappa shape index (κ2) is 7.09. The molecule has 4 nitrogen and oxygen atoms in total. The van der Waals surface area contributed by atoms with Gasteiger partial charge in [-0.05, 0) is 62.6 Å². The fraction of sp³-hybridized carbons (Fsp3) is 0.263. The summed E-state index contributed by atoms with van der Waals surface area (Å²) >= 11 is 0. The lowest BCUT2D eigenvalue weighted by molar-refractivity contribution is -0.123. The number of rotatable bonds is 4. The molecule has 2 aromatic rings. The van der Waals surface area contributed by atoms with Gasteiger partial charge in [0.1, 0.15) is 0 Å². The van der Waals surface area contributed by atoms with Crippen LogP contribution in [0.5, 0.6) is 0 Å². The van der Waals surface area contributed by atoms with Gasteiger partial charge in [0.15, 0.2) is 6.10 Å². The third kappa shape index (κ3) is 4.19. The van der Waals surface area contributed by atoms with Crippen LogP contribution < -0.4 is 5.32 Å². The first kappa shape index (κ1) is 16.7. The number of hydrogen-bond donors (Lipinski definition) is 1. The Kier molecular flexibility index (Phi) is 5.16. The number of aryl methyl sites for hydroxylation is 3. The Morgan fingerprint density at radius 1 is 0.957 bits per heavy atom. The van der Waals surface area contributed by atoms with E-state index in [1.807, 2.05) is 51.1 Å². The second-order valence-corrected chi connectivity index (χ2v) is 5.65. The van der Waals surface area contributed by atoms with Crippen molar-refractivity contribution in [2.24, 2.45) is 0 Å². The number of para-hydroxylation sites is 1. The van der Waals surface area contributed by atoms with Crippen LogP contribution in [-0.2, 0) is 9.53 Å². The molecule has 0 spiro atoms. The summed E-state index contributed by atoms with van der Waals surface area (Å²) in [6.45, 7) is 7.37. The molecule has 0 aliphatic carbocycles. The molecule has 0 aromatic heterocycles. The van der Waals surface area contributed by atoms with E-state index in [-0.39, 0.29) is 5.91 Å². The molecular weight excluding hydrogens is 290 g/mol. The first-order valence-electron chi connectivity index (χ1n) is 7.53. The molecule has 0 unspecified atom stereocenters. The van der Waals surface area contributed by atoms with Crippen molar-refractivity contribution in [2.45, 2.75) is 33.8 Å². The quantitative estimate of drug-likeness (QED) is 0.874. The zero-order chi connectivity index (χ0) is 17.0. The van der Waals surface area contributed by atoms with Gasteiger partial charge in [-0.2, -0.15) is 0 Å². The highest BCUT2D eigenvalue weighted by atomic mass is 16.5. The van der Waals surface area contributed by atoms with E-state index in [9.17, 15) is 9.59 Å². The van der Waals surface area contributed by atoms with Gasteiger partial charge in [0, 0.05) is 5.69 Å². The molecule has 0 saturated carbocycles. The van der Waals surface area contributed by atoms with Gasteiger partial charge in [0.25, 0.3) is 5.91 Å². The summed E-state index contributed by atoms with van der Waals surface area (Å²) in [5.41, 5.74) is 4.23. The normalized spacial score (nSPS) is 11.7. The van der Waals surface area contributed by atoms with Crippen molar-refractivity contribution in [3.8, 4) is 0 Å². The molecule has 120 valence electrons. The molecule has 0 bridgehead atoms. The maximum absolute atomic E-state index is 12.2. The summed E-state index contributed by atoms with van der Waals surface area (Å²) in [6, 6.07) is 12.8. The van der Waals surface area contributed by atoms with Crippen molar-refractivity contribution < 1.29 is 14.3 Å². The van der Waals surface area contributed by atoms with Crippen molar-refractivity contribution in [1.29, 1.82) is 0 Å². The number of ether oxygens (including phenoxy) is 1. The number of carbonyl (C=O) groups is 2. The summed E-state index contributed by atoms with van der Waals surface area (Å²) in [7, 11) is 0. The maximum atomic E-state index is 12.2. The van der Waals surface area contributed by atoms with Crippen LogP contribution in [0.1, 0.15) is 34.0 Å². The smallest absolute Gasteiger partial charge is 0.338 e. The zero-order valence-electron chi connectivity index (χ0n) is 13.8. The zero-order valence-corrected chi connectivity index (χ0v) is 13.8. The average Bonchev–Trinajstić information content (AvgIpc) is 2.52. The lowest BCUT2D eigenvalue weighted by Crippen LogP contribution is -2.30. The molecule has 1 N–H and O–H groups in total.